The predicted molar refractivity (Wildman–Crippen MR) is 80.2 cm³/mol. The standard InChI is InChI=1S/C15H15ClN2O2/c1-10(19)18-13-4-2-3-5-15(13)20-14-7-6-11(9-17)8-12(14)16/h2-8H,9,17H2,1H3,(H,18,19). The van der Waals surface area contributed by atoms with E-state index in [2.05, 4.69) is 5.32 Å². The highest BCUT2D eigenvalue weighted by molar-refractivity contribution is 6.32. The zero-order valence-electron chi connectivity index (χ0n) is 11.0. The van der Waals surface area contributed by atoms with Gasteiger partial charge in [-0.05, 0) is 29.8 Å². The number of rotatable bonds is 4. The van der Waals surface area contributed by atoms with Crippen LogP contribution >= 0.6 is 11.6 Å². The number of para-hydroxylation sites is 2. The minimum absolute atomic E-state index is 0.161. The van der Waals surface area contributed by atoms with Crippen LogP contribution in [-0.4, -0.2) is 5.91 Å². The van der Waals surface area contributed by atoms with Gasteiger partial charge in [0, 0.05) is 13.5 Å². The first-order chi connectivity index (χ1) is 9.60. The number of hydrogen-bond acceptors (Lipinski definition) is 3. The Kier molecular flexibility index (Phi) is 4.61. The summed E-state index contributed by atoms with van der Waals surface area (Å²) in [5.41, 5.74) is 7.08. The average molecular weight is 291 g/mol. The highest BCUT2D eigenvalue weighted by atomic mass is 35.5. The quantitative estimate of drug-likeness (QED) is 0.905. The zero-order valence-corrected chi connectivity index (χ0v) is 11.8. The number of amides is 1. The summed E-state index contributed by atoms with van der Waals surface area (Å²) in [4.78, 5) is 11.2. The molecule has 0 aromatic heterocycles. The summed E-state index contributed by atoms with van der Waals surface area (Å²) in [6, 6.07) is 12.5. The van der Waals surface area contributed by atoms with Crippen molar-refractivity contribution in [3.63, 3.8) is 0 Å². The normalized spacial score (nSPS) is 10.2. The molecule has 0 saturated carbocycles. The van der Waals surface area contributed by atoms with Crippen LogP contribution in [0.2, 0.25) is 5.02 Å². The van der Waals surface area contributed by atoms with Gasteiger partial charge in [-0.25, -0.2) is 0 Å². The van der Waals surface area contributed by atoms with E-state index >= 15 is 0 Å². The van der Waals surface area contributed by atoms with E-state index in [0.29, 0.717) is 28.8 Å². The Bertz CT molecular complexity index is 629. The minimum Gasteiger partial charge on any atom is -0.454 e. The third kappa shape index (κ3) is 3.50. The second-order valence-electron chi connectivity index (χ2n) is 4.25. The van der Waals surface area contributed by atoms with Crippen molar-refractivity contribution in [2.45, 2.75) is 13.5 Å². The third-order valence-electron chi connectivity index (χ3n) is 2.65. The van der Waals surface area contributed by atoms with Gasteiger partial charge in [0.15, 0.2) is 5.75 Å². The Balaban J connectivity index is 2.28. The summed E-state index contributed by atoms with van der Waals surface area (Å²) in [5, 5.41) is 3.19. The molecule has 0 spiro atoms. The molecule has 0 heterocycles. The lowest BCUT2D eigenvalue weighted by Crippen LogP contribution is -2.06. The number of carbonyl (C=O) groups is 1. The second kappa shape index (κ2) is 6.41. The lowest BCUT2D eigenvalue weighted by atomic mass is 10.2. The maximum atomic E-state index is 11.2. The van der Waals surface area contributed by atoms with Gasteiger partial charge >= 0.3 is 0 Å². The number of benzene rings is 2. The van der Waals surface area contributed by atoms with Crippen molar-refractivity contribution in [1.82, 2.24) is 0 Å². The van der Waals surface area contributed by atoms with Gasteiger partial charge in [-0.2, -0.15) is 0 Å². The zero-order chi connectivity index (χ0) is 14.5. The van der Waals surface area contributed by atoms with Crippen LogP contribution in [0, 0.1) is 0 Å². The molecule has 4 nitrogen and oxygen atoms in total. The molecular formula is C15H15ClN2O2. The Hall–Kier alpha value is -2.04. The minimum atomic E-state index is -0.161. The van der Waals surface area contributed by atoms with Gasteiger partial charge in [-0.15, -0.1) is 0 Å². The largest absolute Gasteiger partial charge is 0.454 e. The van der Waals surface area contributed by atoms with Crippen molar-refractivity contribution in [2.75, 3.05) is 5.32 Å². The number of ether oxygens (including phenoxy) is 1. The van der Waals surface area contributed by atoms with E-state index in [9.17, 15) is 4.79 Å². The number of halogens is 1. The highest BCUT2D eigenvalue weighted by Gasteiger charge is 2.08. The van der Waals surface area contributed by atoms with Crippen molar-refractivity contribution in [2.24, 2.45) is 5.73 Å². The Morgan fingerprint density at radius 3 is 2.65 bits per heavy atom. The lowest BCUT2D eigenvalue weighted by Gasteiger charge is -2.12. The molecular weight excluding hydrogens is 276 g/mol. The Morgan fingerprint density at radius 1 is 1.25 bits per heavy atom. The van der Waals surface area contributed by atoms with Crippen LogP contribution in [0.1, 0.15) is 12.5 Å². The molecule has 5 heteroatoms. The number of anilines is 1. The van der Waals surface area contributed by atoms with Crippen LogP contribution in [0.4, 0.5) is 5.69 Å². The molecule has 0 fully saturated rings. The molecule has 20 heavy (non-hydrogen) atoms. The number of carbonyl (C=O) groups excluding carboxylic acids is 1. The summed E-state index contributed by atoms with van der Waals surface area (Å²) >= 11 is 6.15. The molecule has 1 amide bonds. The van der Waals surface area contributed by atoms with E-state index in [1.807, 2.05) is 18.2 Å². The maximum absolute atomic E-state index is 11.2. The lowest BCUT2D eigenvalue weighted by molar-refractivity contribution is -0.114. The van der Waals surface area contributed by atoms with E-state index in [-0.39, 0.29) is 5.91 Å². The Labute approximate surface area is 122 Å². The maximum Gasteiger partial charge on any atom is 0.221 e. The van der Waals surface area contributed by atoms with Crippen molar-refractivity contribution in [3.05, 3.63) is 53.1 Å². The van der Waals surface area contributed by atoms with E-state index in [1.165, 1.54) is 6.92 Å². The van der Waals surface area contributed by atoms with Crippen molar-refractivity contribution in [1.29, 1.82) is 0 Å². The van der Waals surface area contributed by atoms with Crippen molar-refractivity contribution in [3.8, 4) is 11.5 Å². The third-order valence-corrected chi connectivity index (χ3v) is 2.95. The van der Waals surface area contributed by atoms with Gasteiger partial charge in [0.1, 0.15) is 5.75 Å². The monoisotopic (exact) mass is 290 g/mol. The van der Waals surface area contributed by atoms with Crippen LogP contribution in [-0.2, 0) is 11.3 Å². The first kappa shape index (κ1) is 14.4. The topological polar surface area (TPSA) is 64.3 Å². The molecule has 0 saturated heterocycles. The summed E-state index contributed by atoms with van der Waals surface area (Å²) in [7, 11) is 0. The molecule has 2 rings (SSSR count). The van der Waals surface area contributed by atoms with E-state index in [0.717, 1.165) is 5.56 Å². The van der Waals surface area contributed by atoms with Gasteiger partial charge in [0.25, 0.3) is 0 Å². The van der Waals surface area contributed by atoms with Gasteiger partial charge in [0.2, 0.25) is 5.91 Å². The average Bonchev–Trinajstić information content (AvgIpc) is 2.42. The Morgan fingerprint density at radius 2 is 2.00 bits per heavy atom. The van der Waals surface area contributed by atoms with Crippen molar-refractivity contribution < 1.29 is 9.53 Å². The van der Waals surface area contributed by atoms with Crippen LogP contribution in [0.5, 0.6) is 11.5 Å². The molecule has 2 aromatic rings. The van der Waals surface area contributed by atoms with Crippen LogP contribution in [0.15, 0.2) is 42.5 Å². The SMILES string of the molecule is CC(=O)Nc1ccccc1Oc1ccc(CN)cc1Cl. The molecule has 0 atom stereocenters. The van der Waals surface area contributed by atoms with E-state index < -0.39 is 0 Å². The van der Waals surface area contributed by atoms with Crippen LogP contribution in [0.3, 0.4) is 0 Å². The number of nitrogens with two attached hydrogens (primary N) is 1. The van der Waals surface area contributed by atoms with Crippen molar-refractivity contribution >= 4 is 23.2 Å². The molecule has 3 N–H and O–H groups in total. The molecule has 2 aromatic carbocycles. The molecule has 0 bridgehead atoms. The first-order valence-corrected chi connectivity index (χ1v) is 6.51. The smallest absolute Gasteiger partial charge is 0.221 e. The van der Waals surface area contributed by atoms with Gasteiger partial charge in [-0.1, -0.05) is 29.8 Å². The first-order valence-electron chi connectivity index (χ1n) is 6.13. The van der Waals surface area contributed by atoms with Crippen LogP contribution < -0.4 is 15.8 Å². The predicted octanol–water partition coefficient (Wildman–Crippen LogP) is 3.55. The van der Waals surface area contributed by atoms with E-state index in [4.69, 9.17) is 22.1 Å². The van der Waals surface area contributed by atoms with Gasteiger partial charge < -0.3 is 15.8 Å². The summed E-state index contributed by atoms with van der Waals surface area (Å²) in [6.45, 7) is 1.86. The fraction of sp³-hybridized carbons (Fsp3) is 0.133. The molecule has 0 aliphatic rings. The summed E-state index contributed by atoms with van der Waals surface area (Å²) in [6.07, 6.45) is 0. The molecule has 0 aliphatic heterocycles. The molecule has 0 radical (unpaired) electrons. The molecule has 0 unspecified atom stereocenters. The van der Waals surface area contributed by atoms with E-state index in [1.54, 1.807) is 24.3 Å². The fourth-order valence-corrected chi connectivity index (χ4v) is 1.96. The summed E-state index contributed by atoms with van der Waals surface area (Å²) in [5.74, 6) is 0.886. The molecule has 0 aliphatic carbocycles. The summed E-state index contributed by atoms with van der Waals surface area (Å²) < 4.78 is 5.75. The highest BCUT2D eigenvalue weighted by Crippen LogP contribution is 2.34. The second-order valence-corrected chi connectivity index (χ2v) is 4.66. The van der Waals surface area contributed by atoms with Gasteiger partial charge in [0.05, 0.1) is 10.7 Å². The van der Waals surface area contributed by atoms with Gasteiger partial charge in [-0.3, -0.25) is 4.79 Å². The number of nitrogens with one attached hydrogen (secondary N) is 1. The molecule has 104 valence electrons. The van der Waals surface area contributed by atoms with Crippen LogP contribution in [0.25, 0.3) is 0 Å². The number of hydrogen-bond donors (Lipinski definition) is 2. The fourth-order valence-electron chi connectivity index (χ4n) is 1.72.